The van der Waals surface area contributed by atoms with E-state index in [1.165, 1.54) is 6.92 Å². The molecule has 2 heteroatoms. The maximum Gasteiger partial charge on any atom is 0.206 e. The quantitative estimate of drug-likeness (QED) is 0.441. The zero-order chi connectivity index (χ0) is 8.74. The third-order valence-electron chi connectivity index (χ3n) is 1.35. The molecule has 0 saturated carbocycles. The van der Waals surface area contributed by atoms with Gasteiger partial charge in [0.2, 0.25) is 5.85 Å². The SMILES string of the molecule is C#CCCOC(C)(F)CCC. The van der Waals surface area contributed by atoms with E-state index in [0.717, 1.165) is 6.42 Å². The van der Waals surface area contributed by atoms with Crippen molar-refractivity contribution in [1.82, 2.24) is 0 Å². The van der Waals surface area contributed by atoms with Crippen LogP contribution in [0.3, 0.4) is 0 Å². The third-order valence-corrected chi connectivity index (χ3v) is 1.35. The van der Waals surface area contributed by atoms with Gasteiger partial charge < -0.3 is 4.74 Å². The van der Waals surface area contributed by atoms with E-state index >= 15 is 0 Å². The van der Waals surface area contributed by atoms with Crippen molar-refractivity contribution in [3.8, 4) is 12.3 Å². The lowest BCUT2D eigenvalue weighted by molar-refractivity contribution is -0.134. The molecule has 0 aliphatic rings. The molecule has 64 valence electrons. The molecule has 0 radical (unpaired) electrons. The van der Waals surface area contributed by atoms with Crippen LogP contribution in [0.5, 0.6) is 0 Å². The molecule has 0 aromatic heterocycles. The van der Waals surface area contributed by atoms with Crippen LogP contribution in [0, 0.1) is 12.3 Å². The molecule has 0 bridgehead atoms. The van der Waals surface area contributed by atoms with Crippen molar-refractivity contribution in [3.63, 3.8) is 0 Å². The monoisotopic (exact) mass is 158 g/mol. The van der Waals surface area contributed by atoms with Gasteiger partial charge in [0.25, 0.3) is 0 Å². The maximum absolute atomic E-state index is 13.1. The number of halogens is 1. The maximum atomic E-state index is 13.1. The summed E-state index contributed by atoms with van der Waals surface area (Å²) < 4.78 is 18.0. The fourth-order valence-electron chi connectivity index (χ4n) is 0.841. The van der Waals surface area contributed by atoms with Crippen molar-refractivity contribution in [2.45, 2.75) is 39.0 Å². The van der Waals surface area contributed by atoms with Gasteiger partial charge in [-0.05, 0) is 6.92 Å². The second-order valence-electron chi connectivity index (χ2n) is 2.65. The third kappa shape index (κ3) is 5.87. The van der Waals surface area contributed by atoms with Gasteiger partial charge in [-0.25, -0.2) is 4.39 Å². The summed E-state index contributed by atoms with van der Waals surface area (Å²) >= 11 is 0. The Hall–Kier alpha value is -0.550. The van der Waals surface area contributed by atoms with Crippen LogP contribution in [-0.2, 0) is 4.74 Å². The van der Waals surface area contributed by atoms with Crippen molar-refractivity contribution in [2.75, 3.05) is 6.61 Å². The fourth-order valence-corrected chi connectivity index (χ4v) is 0.841. The normalized spacial score (nSPS) is 15.5. The first-order valence-electron chi connectivity index (χ1n) is 3.88. The summed E-state index contributed by atoms with van der Waals surface area (Å²) in [4.78, 5) is 0. The largest absolute Gasteiger partial charge is 0.345 e. The molecule has 0 aromatic carbocycles. The van der Waals surface area contributed by atoms with E-state index in [-0.39, 0.29) is 0 Å². The molecule has 0 heterocycles. The summed E-state index contributed by atoms with van der Waals surface area (Å²) in [5.74, 6) is 0.896. The molecule has 0 amide bonds. The van der Waals surface area contributed by atoms with Crippen LogP contribution >= 0.6 is 0 Å². The van der Waals surface area contributed by atoms with E-state index in [4.69, 9.17) is 11.2 Å². The topological polar surface area (TPSA) is 9.23 Å². The van der Waals surface area contributed by atoms with Gasteiger partial charge in [0.15, 0.2) is 0 Å². The molecule has 1 atom stereocenters. The summed E-state index contributed by atoms with van der Waals surface area (Å²) in [5.41, 5.74) is 0. The van der Waals surface area contributed by atoms with Gasteiger partial charge in [-0.2, -0.15) is 0 Å². The second-order valence-corrected chi connectivity index (χ2v) is 2.65. The molecule has 1 nitrogen and oxygen atoms in total. The smallest absolute Gasteiger partial charge is 0.206 e. The first kappa shape index (κ1) is 10.4. The first-order valence-corrected chi connectivity index (χ1v) is 3.88. The van der Waals surface area contributed by atoms with Crippen LogP contribution in [0.4, 0.5) is 4.39 Å². The standard InChI is InChI=1S/C9H15FO/c1-4-6-8-11-9(3,10)7-5-2/h1H,5-8H2,2-3H3. The summed E-state index contributed by atoms with van der Waals surface area (Å²) in [7, 11) is 0. The number of alkyl halides is 1. The molecule has 0 rings (SSSR count). The van der Waals surface area contributed by atoms with Crippen molar-refractivity contribution in [3.05, 3.63) is 0 Å². The summed E-state index contributed by atoms with van der Waals surface area (Å²) in [6.07, 6.45) is 6.66. The Labute approximate surface area is 67.9 Å². The second kappa shape index (κ2) is 5.15. The highest BCUT2D eigenvalue weighted by Gasteiger charge is 2.21. The predicted octanol–water partition coefficient (Wildman–Crippen LogP) is 2.51. The molecule has 0 aliphatic heterocycles. The molecular weight excluding hydrogens is 143 g/mol. The number of terminal acetylenes is 1. The molecule has 0 aromatic rings. The molecular formula is C9H15FO. The van der Waals surface area contributed by atoms with Crippen molar-refractivity contribution in [1.29, 1.82) is 0 Å². The molecule has 0 aliphatic carbocycles. The molecule has 0 saturated heterocycles. The van der Waals surface area contributed by atoms with Crippen molar-refractivity contribution >= 4 is 0 Å². The van der Waals surface area contributed by atoms with Crippen LogP contribution in [0.1, 0.15) is 33.1 Å². The van der Waals surface area contributed by atoms with Crippen molar-refractivity contribution in [2.24, 2.45) is 0 Å². The Morgan fingerprint density at radius 1 is 1.64 bits per heavy atom. The molecule has 0 N–H and O–H groups in total. The average molecular weight is 158 g/mol. The van der Waals surface area contributed by atoms with Gasteiger partial charge in [0.05, 0.1) is 6.61 Å². The van der Waals surface area contributed by atoms with Gasteiger partial charge in [-0.15, -0.1) is 12.3 Å². The molecule has 11 heavy (non-hydrogen) atoms. The Morgan fingerprint density at radius 3 is 2.73 bits per heavy atom. The molecule has 0 fully saturated rings. The Morgan fingerprint density at radius 2 is 2.27 bits per heavy atom. The number of rotatable bonds is 5. The molecule has 1 unspecified atom stereocenters. The molecule has 0 spiro atoms. The zero-order valence-electron chi connectivity index (χ0n) is 7.19. The summed E-state index contributed by atoms with van der Waals surface area (Å²) in [5, 5.41) is 0. The highest BCUT2D eigenvalue weighted by Crippen LogP contribution is 2.18. The van der Waals surface area contributed by atoms with E-state index in [0.29, 0.717) is 19.4 Å². The van der Waals surface area contributed by atoms with E-state index in [9.17, 15) is 4.39 Å². The lowest BCUT2D eigenvalue weighted by atomic mass is 10.2. The van der Waals surface area contributed by atoms with Crippen LogP contribution in [0.2, 0.25) is 0 Å². The Bertz CT molecular complexity index is 135. The lowest BCUT2D eigenvalue weighted by Gasteiger charge is -2.19. The van der Waals surface area contributed by atoms with Gasteiger partial charge in [0, 0.05) is 12.8 Å². The Kier molecular flexibility index (Phi) is 4.89. The van der Waals surface area contributed by atoms with Gasteiger partial charge in [0.1, 0.15) is 0 Å². The Balaban J connectivity index is 3.48. The fraction of sp³-hybridized carbons (Fsp3) is 0.778. The summed E-state index contributed by atoms with van der Waals surface area (Å²) in [6.45, 7) is 3.67. The number of hydrogen-bond acceptors (Lipinski definition) is 1. The van der Waals surface area contributed by atoms with E-state index < -0.39 is 5.85 Å². The highest BCUT2D eigenvalue weighted by molar-refractivity contribution is 4.83. The predicted molar refractivity (Wildman–Crippen MR) is 43.8 cm³/mol. The van der Waals surface area contributed by atoms with Crippen LogP contribution in [-0.4, -0.2) is 12.5 Å². The van der Waals surface area contributed by atoms with Crippen molar-refractivity contribution < 1.29 is 9.13 Å². The summed E-state index contributed by atoms with van der Waals surface area (Å²) in [6, 6.07) is 0. The number of hydrogen-bond donors (Lipinski definition) is 0. The van der Waals surface area contributed by atoms with Crippen LogP contribution < -0.4 is 0 Å². The minimum Gasteiger partial charge on any atom is -0.345 e. The van der Waals surface area contributed by atoms with E-state index in [2.05, 4.69) is 5.92 Å². The lowest BCUT2D eigenvalue weighted by Crippen LogP contribution is -2.22. The van der Waals surface area contributed by atoms with Gasteiger partial charge >= 0.3 is 0 Å². The first-order chi connectivity index (χ1) is 5.12. The van der Waals surface area contributed by atoms with E-state index in [1.807, 2.05) is 6.92 Å². The van der Waals surface area contributed by atoms with E-state index in [1.54, 1.807) is 0 Å². The van der Waals surface area contributed by atoms with Crippen LogP contribution in [0.25, 0.3) is 0 Å². The minimum absolute atomic E-state index is 0.309. The zero-order valence-corrected chi connectivity index (χ0v) is 7.19. The highest BCUT2D eigenvalue weighted by atomic mass is 19.2. The van der Waals surface area contributed by atoms with Gasteiger partial charge in [-0.1, -0.05) is 13.3 Å². The number of ether oxygens (including phenoxy) is 1. The van der Waals surface area contributed by atoms with Crippen LogP contribution in [0.15, 0.2) is 0 Å². The minimum atomic E-state index is -1.49. The van der Waals surface area contributed by atoms with Gasteiger partial charge in [-0.3, -0.25) is 0 Å². The average Bonchev–Trinajstić information content (AvgIpc) is 1.87.